The van der Waals surface area contributed by atoms with Gasteiger partial charge in [-0.3, -0.25) is 0 Å². The largest absolute Gasteiger partial charge is 0.350 e. The van der Waals surface area contributed by atoms with Crippen LogP contribution in [0.25, 0.3) is 0 Å². The van der Waals surface area contributed by atoms with E-state index >= 15 is 0 Å². The third kappa shape index (κ3) is 6.16. The van der Waals surface area contributed by atoms with Crippen LogP contribution in [0.3, 0.4) is 0 Å². The molecule has 2 nitrogen and oxygen atoms in total. The van der Waals surface area contributed by atoms with Crippen LogP contribution in [-0.4, -0.2) is 19.0 Å². The average molecular weight is 216 g/mol. The second-order valence-electron chi connectivity index (χ2n) is 3.98. The van der Waals surface area contributed by atoms with Crippen molar-refractivity contribution in [1.29, 1.82) is 0 Å². The highest BCUT2D eigenvalue weighted by Crippen LogP contribution is 2.27. The second-order valence-corrected chi connectivity index (χ2v) is 3.98. The molecular formula is C13H28O2. The van der Waals surface area contributed by atoms with Gasteiger partial charge < -0.3 is 9.47 Å². The Morgan fingerprint density at radius 2 is 1.33 bits per heavy atom. The van der Waals surface area contributed by atoms with E-state index in [0.29, 0.717) is 0 Å². The van der Waals surface area contributed by atoms with Crippen molar-refractivity contribution in [1.82, 2.24) is 0 Å². The van der Waals surface area contributed by atoms with Gasteiger partial charge in [-0.25, -0.2) is 0 Å². The third-order valence-corrected chi connectivity index (χ3v) is 2.61. The van der Waals surface area contributed by atoms with E-state index in [-0.39, 0.29) is 5.79 Å². The molecule has 0 amide bonds. The smallest absolute Gasteiger partial charge is 0.168 e. The highest BCUT2D eigenvalue weighted by atomic mass is 16.7. The van der Waals surface area contributed by atoms with Crippen LogP contribution in [0.2, 0.25) is 0 Å². The summed E-state index contributed by atoms with van der Waals surface area (Å²) in [5.41, 5.74) is 0. The molecule has 0 saturated heterocycles. The molecule has 0 rings (SSSR count). The summed E-state index contributed by atoms with van der Waals surface area (Å²) in [4.78, 5) is 0. The highest BCUT2D eigenvalue weighted by molar-refractivity contribution is 4.69. The van der Waals surface area contributed by atoms with Gasteiger partial charge in [0.2, 0.25) is 0 Å². The molecule has 0 bridgehead atoms. The van der Waals surface area contributed by atoms with Gasteiger partial charge in [-0.05, 0) is 20.3 Å². The Labute approximate surface area is 95.3 Å². The average Bonchev–Trinajstić information content (AvgIpc) is 2.19. The number of unbranched alkanes of at least 4 members (excludes halogenated alkanes) is 2. The summed E-state index contributed by atoms with van der Waals surface area (Å²) in [5.74, 6) is -0.298. The molecule has 0 N–H and O–H groups in total. The van der Waals surface area contributed by atoms with Gasteiger partial charge in [0.05, 0.1) is 0 Å². The Kier molecular flexibility index (Phi) is 9.12. The van der Waals surface area contributed by atoms with E-state index in [9.17, 15) is 0 Å². The van der Waals surface area contributed by atoms with Crippen molar-refractivity contribution in [2.24, 2.45) is 0 Å². The van der Waals surface area contributed by atoms with Gasteiger partial charge in [0, 0.05) is 26.1 Å². The Balaban J connectivity index is 4.18. The van der Waals surface area contributed by atoms with E-state index < -0.39 is 0 Å². The molecule has 92 valence electrons. The molecule has 15 heavy (non-hydrogen) atoms. The lowest BCUT2D eigenvalue weighted by molar-refractivity contribution is -0.241. The lowest BCUT2D eigenvalue weighted by Crippen LogP contribution is -2.36. The topological polar surface area (TPSA) is 18.5 Å². The molecule has 0 saturated carbocycles. The van der Waals surface area contributed by atoms with Crippen molar-refractivity contribution in [3.63, 3.8) is 0 Å². The molecule has 0 fully saturated rings. The summed E-state index contributed by atoms with van der Waals surface area (Å²) in [6.07, 6.45) is 6.89. The van der Waals surface area contributed by atoms with Gasteiger partial charge in [0.15, 0.2) is 5.79 Å². The van der Waals surface area contributed by atoms with Crippen molar-refractivity contribution >= 4 is 0 Å². The molecular weight excluding hydrogens is 188 g/mol. The predicted molar refractivity (Wildman–Crippen MR) is 65.0 cm³/mol. The molecule has 0 aliphatic carbocycles. The maximum absolute atomic E-state index is 5.83. The fraction of sp³-hybridized carbons (Fsp3) is 1.00. The summed E-state index contributed by atoms with van der Waals surface area (Å²) in [6.45, 7) is 9.99. The molecule has 0 heterocycles. The molecule has 0 aliphatic heterocycles. The normalized spacial score (nSPS) is 12.0. The van der Waals surface area contributed by atoms with E-state index in [1.165, 1.54) is 19.3 Å². The molecule has 0 unspecified atom stereocenters. The summed E-state index contributed by atoms with van der Waals surface area (Å²) >= 11 is 0. The summed E-state index contributed by atoms with van der Waals surface area (Å²) in [5, 5.41) is 0. The Bertz CT molecular complexity index is 117. The van der Waals surface area contributed by atoms with Crippen LogP contribution in [-0.2, 0) is 9.47 Å². The fourth-order valence-corrected chi connectivity index (χ4v) is 2.01. The van der Waals surface area contributed by atoms with Gasteiger partial charge in [0.25, 0.3) is 0 Å². The third-order valence-electron chi connectivity index (χ3n) is 2.61. The Morgan fingerprint density at radius 3 is 1.73 bits per heavy atom. The monoisotopic (exact) mass is 216 g/mol. The van der Waals surface area contributed by atoms with E-state index in [0.717, 1.165) is 32.5 Å². The van der Waals surface area contributed by atoms with Crippen molar-refractivity contribution < 1.29 is 9.47 Å². The molecule has 0 spiro atoms. The molecule has 0 aromatic heterocycles. The van der Waals surface area contributed by atoms with E-state index in [1.54, 1.807) is 0 Å². The molecule has 2 heteroatoms. The zero-order valence-corrected chi connectivity index (χ0v) is 11.0. The van der Waals surface area contributed by atoms with Gasteiger partial charge in [-0.1, -0.05) is 33.1 Å². The van der Waals surface area contributed by atoms with Crippen LogP contribution >= 0.6 is 0 Å². The minimum absolute atomic E-state index is 0.298. The van der Waals surface area contributed by atoms with E-state index in [2.05, 4.69) is 13.8 Å². The number of ether oxygens (including phenoxy) is 2. The van der Waals surface area contributed by atoms with Crippen LogP contribution in [0.4, 0.5) is 0 Å². The SMILES string of the molecule is CCCCCC(CCC)(OCC)OCC. The van der Waals surface area contributed by atoms with Crippen LogP contribution < -0.4 is 0 Å². The van der Waals surface area contributed by atoms with Gasteiger partial charge in [-0.2, -0.15) is 0 Å². The number of rotatable bonds is 10. The van der Waals surface area contributed by atoms with Gasteiger partial charge in [0.1, 0.15) is 0 Å². The predicted octanol–water partition coefficient (Wildman–Crippen LogP) is 4.14. The summed E-state index contributed by atoms with van der Waals surface area (Å²) < 4.78 is 11.7. The van der Waals surface area contributed by atoms with Crippen LogP contribution in [0.5, 0.6) is 0 Å². The quantitative estimate of drug-likeness (QED) is 0.404. The van der Waals surface area contributed by atoms with Crippen LogP contribution in [0.1, 0.15) is 66.2 Å². The summed E-state index contributed by atoms with van der Waals surface area (Å²) in [7, 11) is 0. The highest BCUT2D eigenvalue weighted by Gasteiger charge is 2.29. The molecule has 0 aliphatic rings. The Morgan fingerprint density at radius 1 is 0.733 bits per heavy atom. The standard InChI is InChI=1S/C13H28O2/c1-5-9-10-12-13(11-6-2,14-7-3)15-8-4/h5-12H2,1-4H3. The number of hydrogen-bond acceptors (Lipinski definition) is 2. The molecule has 0 atom stereocenters. The molecule has 0 radical (unpaired) electrons. The first-order chi connectivity index (χ1) is 7.24. The summed E-state index contributed by atoms with van der Waals surface area (Å²) in [6, 6.07) is 0. The minimum Gasteiger partial charge on any atom is -0.350 e. The maximum atomic E-state index is 5.83. The first kappa shape index (κ1) is 14.9. The van der Waals surface area contributed by atoms with Crippen molar-refractivity contribution in [2.75, 3.05) is 13.2 Å². The zero-order valence-electron chi connectivity index (χ0n) is 11.0. The second kappa shape index (κ2) is 9.17. The van der Waals surface area contributed by atoms with Crippen LogP contribution in [0.15, 0.2) is 0 Å². The van der Waals surface area contributed by atoms with Crippen LogP contribution in [0, 0.1) is 0 Å². The van der Waals surface area contributed by atoms with Gasteiger partial charge in [-0.15, -0.1) is 0 Å². The zero-order chi connectivity index (χ0) is 11.6. The Hall–Kier alpha value is -0.0800. The van der Waals surface area contributed by atoms with Gasteiger partial charge >= 0.3 is 0 Å². The van der Waals surface area contributed by atoms with E-state index in [1.807, 2.05) is 13.8 Å². The fourth-order valence-electron chi connectivity index (χ4n) is 2.01. The molecule has 0 aromatic carbocycles. The number of hydrogen-bond donors (Lipinski definition) is 0. The lowest BCUT2D eigenvalue weighted by Gasteiger charge is -2.33. The van der Waals surface area contributed by atoms with Crippen molar-refractivity contribution in [2.45, 2.75) is 72.0 Å². The van der Waals surface area contributed by atoms with E-state index in [4.69, 9.17) is 9.47 Å². The molecule has 0 aromatic rings. The first-order valence-corrected chi connectivity index (χ1v) is 6.52. The van der Waals surface area contributed by atoms with Crippen molar-refractivity contribution in [3.05, 3.63) is 0 Å². The minimum atomic E-state index is -0.298. The lowest BCUT2D eigenvalue weighted by atomic mass is 10.0. The maximum Gasteiger partial charge on any atom is 0.168 e. The van der Waals surface area contributed by atoms with Crippen molar-refractivity contribution in [3.8, 4) is 0 Å². The first-order valence-electron chi connectivity index (χ1n) is 6.52.